The van der Waals surface area contributed by atoms with Gasteiger partial charge in [-0.05, 0) is 13.8 Å². The lowest BCUT2D eigenvalue weighted by Crippen LogP contribution is -2.15. The van der Waals surface area contributed by atoms with Gasteiger partial charge >= 0.3 is 5.97 Å². The van der Waals surface area contributed by atoms with Crippen LogP contribution in [0.1, 0.15) is 24.2 Å². The van der Waals surface area contributed by atoms with Crippen molar-refractivity contribution >= 4 is 11.8 Å². The van der Waals surface area contributed by atoms with Crippen molar-refractivity contribution in [3.05, 3.63) is 11.6 Å². The lowest BCUT2D eigenvalue weighted by Gasteiger charge is -2.11. The van der Waals surface area contributed by atoms with E-state index in [0.717, 1.165) is 0 Å². The highest BCUT2D eigenvalue weighted by Crippen LogP contribution is 2.16. The number of methoxy groups -OCH3 is 1. The number of anilines is 1. The smallest absolute Gasteiger partial charge is 0.339 e. The summed E-state index contributed by atoms with van der Waals surface area (Å²) >= 11 is 0. The topological polar surface area (TPSA) is 84.3 Å². The van der Waals surface area contributed by atoms with Gasteiger partial charge in [0.15, 0.2) is 5.82 Å². The molecule has 0 aliphatic rings. The first kappa shape index (κ1) is 11.2. The Balaban J connectivity index is 3.09. The maximum Gasteiger partial charge on any atom is 0.339 e. The summed E-state index contributed by atoms with van der Waals surface area (Å²) in [6.07, 6.45) is 0. The second kappa shape index (κ2) is 4.59. The fourth-order valence-corrected chi connectivity index (χ4v) is 1.02. The number of ether oxygens (including phenoxy) is 1. The molecular formula is C9H13N3O3. The molecule has 0 aromatic carbocycles. The van der Waals surface area contributed by atoms with Crippen molar-refractivity contribution in [1.82, 2.24) is 10.2 Å². The van der Waals surface area contributed by atoms with Crippen LogP contribution < -0.4 is 10.1 Å². The summed E-state index contributed by atoms with van der Waals surface area (Å²) in [7, 11) is 1.41. The van der Waals surface area contributed by atoms with Gasteiger partial charge in [0.05, 0.1) is 7.11 Å². The van der Waals surface area contributed by atoms with E-state index in [4.69, 9.17) is 9.84 Å². The number of carboxylic acids is 1. The van der Waals surface area contributed by atoms with Crippen LogP contribution >= 0.6 is 0 Å². The molecule has 1 heterocycles. The first-order valence-electron chi connectivity index (χ1n) is 4.46. The van der Waals surface area contributed by atoms with Gasteiger partial charge in [0, 0.05) is 12.1 Å². The number of carbonyl (C=O) groups is 1. The average molecular weight is 211 g/mol. The predicted molar refractivity (Wildman–Crippen MR) is 54.3 cm³/mol. The van der Waals surface area contributed by atoms with Gasteiger partial charge in [-0.3, -0.25) is 0 Å². The maximum atomic E-state index is 10.9. The van der Waals surface area contributed by atoms with Crippen molar-refractivity contribution < 1.29 is 14.6 Å². The van der Waals surface area contributed by atoms with Gasteiger partial charge in [-0.25, -0.2) is 4.79 Å². The number of rotatable bonds is 4. The van der Waals surface area contributed by atoms with E-state index in [9.17, 15) is 4.79 Å². The Morgan fingerprint density at radius 1 is 1.53 bits per heavy atom. The van der Waals surface area contributed by atoms with Crippen LogP contribution in [0, 0.1) is 0 Å². The highest BCUT2D eigenvalue weighted by Gasteiger charge is 2.14. The minimum atomic E-state index is -1.06. The van der Waals surface area contributed by atoms with Crippen LogP contribution in [0.25, 0.3) is 0 Å². The lowest BCUT2D eigenvalue weighted by molar-refractivity contribution is 0.0697. The largest absolute Gasteiger partial charge is 0.480 e. The minimum Gasteiger partial charge on any atom is -0.480 e. The molecule has 1 rings (SSSR count). The minimum absolute atomic E-state index is 0.0514. The van der Waals surface area contributed by atoms with E-state index in [2.05, 4.69) is 15.5 Å². The van der Waals surface area contributed by atoms with E-state index in [1.54, 1.807) is 0 Å². The number of nitrogens with one attached hydrogen (secondary N) is 1. The third-order valence-electron chi connectivity index (χ3n) is 1.64. The van der Waals surface area contributed by atoms with Crippen LogP contribution in [0.4, 0.5) is 5.82 Å². The highest BCUT2D eigenvalue weighted by molar-refractivity contribution is 5.93. The molecule has 0 spiro atoms. The number of aromatic nitrogens is 2. The molecule has 0 fully saturated rings. The SMILES string of the molecule is COc1cc(C(=O)O)c(NC(C)C)nn1. The second-order valence-electron chi connectivity index (χ2n) is 3.25. The molecule has 6 heteroatoms. The first-order chi connectivity index (χ1) is 7.04. The van der Waals surface area contributed by atoms with E-state index in [0.29, 0.717) is 0 Å². The molecule has 0 aliphatic heterocycles. The van der Waals surface area contributed by atoms with Crippen LogP contribution in [0.5, 0.6) is 5.88 Å². The molecule has 0 amide bonds. The number of aromatic carboxylic acids is 1. The zero-order valence-electron chi connectivity index (χ0n) is 8.81. The van der Waals surface area contributed by atoms with E-state index < -0.39 is 5.97 Å². The summed E-state index contributed by atoms with van der Waals surface area (Å²) in [5.74, 6) is -0.633. The fraction of sp³-hybridized carbons (Fsp3) is 0.444. The van der Waals surface area contributed by atoms with Crippen molar-refractivity contribution in [3.63, 3.8) is 0 Å². The Kier molecular flexibility index (Phi) is 3.43. The Hall–Kier alpha value is -1.85. The van der Waals surface area contributed by atoms with Gasteiger partial charge < -0.3 is 15.2 Å². The van der Waals surface area contributed by atoms with Crippen molar-refractivity contribution in [2.75, 3.05) is 12.4 Å². The van der Waals surface area contributed by atoms with Gasteiger partial charge in [-0.2, -0.15) is 0 Å². The lowest BCUT2D eigenvalue weighted by atomic mass is 10.2. The molecule has 0 aliphatic carbocycles. The molecule has 6 nitrogen and oxygen atoms in total. The number of hydrogen-bond donors (Lipinski definition) is 2. The van der Waals surface area contributed by atoms with Gasteiger partial charge in [0.1, 0.15) is 5.56 Å². The summed E-state index contributed by atoms with van der Waals surface area (Å²) < 4.78 is 4.80. The predicted octanol–water partition coefficient (Wildman–Crippen LogP) is 1.00. The summed E-state index contributed by atoms with van der Waals surface area (Å²) in [6.45, 7) is 3.77. The molecular weight excluding hydrogens is 198 g/mol. The van der Waals surface area contributed by atoms with Crippen molar-refractivity contribution in [1.29, 1.82) is 0 Å². The molecule has 0 radical (unpaired) electrons. The second-order valence-corrected chi connectivity index (χ2v) is 3.25. The fourth-order valence-electron chi connectivity index (χ4n) is 1.02. The molecule has 0 saturated heterocycles. The van der Waals surface area contributed by atoms with E-state index in [-0.39, 0.29) is 23.3 Å². The Bertz CT molecular complexity index is 366. The maximum absolute atomic E-state index is 10.9. The molecule has 1 aromatic rings. The van der Waals surface area contributed by atoms with E-state index in [1.165, 1.54) is 13.2 Å². The summed E-state index contributed by atoms with van der Waals surface area (Å²) in [6, 6.07) is 1.42. The monoisotopic (exact) mass is 211 g/mol. The molecule has 0 unspecified atom stereocenters. The highest BCUT2D eigenvalue weighted by atomic mass is 16.5. The normalized spacial score (nSPS) is 10.1. The van der Waals surface area contributed by atoms with Crippen LogP contribution in [0.2, 0.25) is 0 Å². The van der Waals surface area contributed by atoms with E-state index >= 15 is 0 Å². The van der Waals surface area contributed by atoms with Crippen LogP contribution in [-0.2, 0) is 0 Å². The molecule has 1 aromatic heterocycles. The summed E-state index contributed by atoms with van der Waals surface area (Å²) in [5, 5.41) is 19.3. The molecule has 0 atom stereocenters. The molecule has 2 N–H and O–H groups in total. The molecule has 0 saturated carbocycles. The summed E-state index contributed by atoms with van der Waals surface area (Å²) in [4.78, 5) is 10.9. The van der Waals surface area contributed by atoms with Gasteiger partial charge in [-0.1, -0.05) is 0 Å². The van der Waals surface area contributed by atoms with Crippen molar-refractivity contribution in [2.45, 2.75) is 19.9 Å². The zero-order chi connectivity index (χ0) is 11.4. The van der Waals surface area contributed by atoms with E-state index in [1.807, 2.05) is 13.8 Å². The Morgan fingerprint density at radius 3 is 2.67 bits per heavy atom. The number of carboxylic acid groups (broad SMARTS) is 1. The first-order valence-corrected chi connectivity index (χ1v) is 4.46. The van der Waals surface area contributed by atoms with Crippen molar-refractivity contribution in [3.8, 4) is 5.88 Å². The zero-order valence-corrected chi connectivity index (χ0v) is 8.81. The third kappa shape index (κ3) is 2.80. The Morgan fingerprint density at radius 2 is 2.20 bits per heavy atom. The Labute approximate surface area is 87.3 Å². The molecule has 0 bridgehead atoms. The quantitative estimate of drug-likeness (QED) is 0.773. The number of nitrogens with zero attached hydrogens (tertiary/aromatic N) is 2. The average Bonchev–Trinajstić information content (AvgIpc) is 2.17. The molecule has 15 heavy (non-hydrogen) atoms. The molecule has 82 valence electrons. The van der Waals surface area contributed by atoms with Gasteiger partial charge in [-0.15, -0.1) is 10.2 Å². The van der Waals surface area contributed by atoms with Crippen LogP contribution in [0.15, 0.2) is 6.07 Å². The third-order valence-corrected chi connectivity index (χ3v) is 1.64. The standard InChI is InChI=1S/C9H13N3O3/c1-5(2)10-8-6(9(13)14)4-7(15-3)11-12-8/h4-5H,1-3H3,(H,10,12)(H,13,14). The van der Waals surface area contributed by atoms with Crippen molar-refractivity contribution in [2.24, 2.45) is 0 Å². The van der Waals surface area contributed by atoms with Gasteiger partial charge in [0.2, 0.25) is 5.88 Å². The van der Waals surface area contributed by atoms with Gasteiger partial charge in [0.25, 0.3) is 0 Å². The van der Waals surface area contributed by atoms with Crippen LogP contribution in [-0.4, -0.2) is 34.4 Å². The summed E-state index contributed by atoms with van der Waals surface area (Å²) in [5.41, 5.74) is 0.0514. The number of hydrogen-bond acceptors (Lipinski definition) is 5. The van der Waals surface area contributed by atoms with Crippen LogP contribution in [0.3, 0.4) is 0 Å².